The number of hydrogen-bond acceptors (Lipinski definition) is 2. The highest BCUT2D eigenvalue weighted by Gasteiger charge is 2.03. The van der Waals surface area contributed by atoms with Crippen molar-refractivity contribution in [2.75, 3.05) is 14.1 Å². The van der Waals surface area contributed by atoms with Gasteiger partial charge in [-0.05, 0) is 29.7 Å². The standard InChI is InChI=1S/C14H19NS2/c1-5-6-11(2)12-7-9-13(10-8-12)17-14(16)15(3)4/h7-10H,2,5-6H2,1,3-4H3. The molecule has 0 aliphatic heterocycles. The van der Waals surface area contributed by atoms with Crippen LogP contribution in [0.25, 0.3) is 5.57 Å². The molecule has 0 N–H and O–H groups in total. The molecule has 92 valence electrons. The van der Waals surface area contributed by atoms with E-state index in [1.165, 1.54) is 16.0 Å². The Morgan fingerprint density at radius 3 is 2.35 bits per heavy atom. The van der Waals surface area contributed by atoms with Gasteiger partial charge in [0.2, 0.25) is 0 Å². The third-order valence-corrected chi connectivity index (χ3v) is 4.05. The predicted octanol–water partition coefficient (Wildman–Crippen LogP) is 4.44. The van der Waals surface area contributed by atoms with E-state index in [0.29, 0.717) is 0 Å². The zero-order chi connectivity index (χ0) is 12.8. The number of rotatable bonds is 4. The number of benzene rings is 1. The average Bonchev–Trinajstić information content (AvgIpc) is 2.30. The van der Waals surface area contributed by atoms with E-state index in [1.807, 2.05) is 19.0 Å². The van der Waals surface area contributed by atoms with E-state index in [-0.39, 0.29) is 0 Å². The normalized spacial score (nSPS) is 10.1. The van der Waals surface area contributed by atoms with Crippen LogP contribution < -0.4 is 0 Å². The van der Waals surface area contributed by atoms with Crippen LogP contribution in [-0.2, 0) is 0 Å². The largest absolute Gasteiger partial charge is 0.363 e. The highest BCUT2D eigenvalue weighted by molar-refractivity contribution is 8.22. The Balaban J connectivity index is 2.68. The summed E-state index contributed by atoms with van der Waals surface area (Å²) in [5, 5.41) is 0. The second kappa shape index (κ2) is 6.82. The number of thiocarbonyl (C=S) groups is 1. The summed E-state index contributed by atoms with van der Waals surface area (Å²) in [6.07, 6.45) is 2.20. The second-order valence-electron chi connectivity index (χ2n) is 4.14. The summed E-state index contributed by atoms with van der Waals surface area (Å²) in [5.74, 6) is 0. The highest BCUT2D eigenvalue weighted by Crippen LogP contribution is 2.24. The molecule has 0 aliphatic carbocycles. The van der Waals surface area contributed by atoms with Crippen molar-refractivity contribution in [3.8, 4) is 0 Å². The number of allylic oxidation sites excluding steroid dienone is 1. The molecule has 3 heteroatoms. The lowest BCUT2D eigenvalue weighted by Crippen LogP contribution is -2.15. The molecule has 0 amide bonds. The highest BCUT2D eigenvalue weighted by atomic mass is 32.2. The Labute approximate surface area is 114 Å². The monoisotopic (exact) mass is 265 g/mol. The second-order valence-corrected chi connectivity index (χ2v) is 5.85. The molecule has 0 bridgehead atoms. The van der Waals surface area contributed by atoms with Gasteiger partial charge in [-0.25, -0.2) is 0 Å². The molecule has 0 aliphatic rings. The average molecular weight is 265 g/mol. The van der Waals surface area contributed by atoms with Crippen LogP contribution in [0.1, 0.15) is 25.3 Å². The summed E-state index contributed by atoms with van der Waals surface area (Å²) >= 11 is 6.87. The predicted molar refractivity (Wildman–Crippen MR) is 82.5 cm³/mol. The maximum Gasteiger partial charge on any atom is 0.140 e. The van der Waals surface area contributed by atoms with Crippen LogP contribution in [0.4, 0.5) is 0 Å². The first-order valence-corrected chi connectivity index (χ1v) is 6.94. The lowest BCUT2D eigenvalue weighted by Gasteiger charge is -2.13. The first-order valence-electron chi connectivity index (χ1n) is 5.72. The first-order chi connectivity index (χ1) is 8.04. The van der Waals surface area contributed by atoms with Crippen LogP contribution in [-0.4, -0.2) is 23.3 Å². The topological polar surface area (TPSA) is 3.24 Å². The molecule has 1 aromatic rings. The Morgan fingerprint density at radius 1 is 1.29 bits per heavy atom. The van der Waals surface area contributed by atoms with E-state index >= 15 is 0 Å². The molecular weight excluding hydrogens is 246 g/mol. The Hall–Kier alpha value is -0.800. The molecule has 0 radical (unpaired) electrons. The first kappa shape index (κ1) is 14.3. The van der Waals surface area contributed by atoms with Crippen molar-refractivity contribution in [2.24, 2.45) is 0 Å². The molecule has 1 rings (SSSR count). The van der Waals surface area contributed by atoms with E-state index in [0.717, 1.165) is 17.2 Å². The molecule has 1 aromatic carbocycles. The summed E-state index contributed by atoms with van der Waals surface area (Å²) < 4.78 is 0.880. The zero-order valence-corrected chi connectivity index (χ0v) is 12.3. The van der Waals surface area contributed by atoms with Crippen molar-refractivity contribution in [1.82, 2.24) is 4.90 Å². The smallest absolute Gasteiger partial charge is 0.140 e. The van der Waals surface area contributed by atoms with Gasteiger partial charge in [-0.15, -0.1) is 0 Å². The van der Waals surface area contributed by atoms with Crippen molar-refractivity contribution in [3.05, 3.63) is 36.4 Å². The number of nitrogens with zero attached hydrogens (tertiary/aromatic N) is 1. The molecule has 0 saturated heterocycles. The minimum absolute atomic E-state index is 0.880. The fourth-order valence-corrected chi connectivity index (χ4v) is 2.34. The molecule has 0 unspecified atom stereocenters. The van der Waals surface area contributed by atoms with Crippen LogP contribution in [0.5, 0.6) is 0 Å². The molecule has 0 aromatic heterocycles. The van der Waals surface area contributed by atoms with E-state index in [4.69, 9.17) is 12.2 Å². The van der Waals surface area contributed by atoms with E-state index < -0.39 is 0 Å². The van der Waals surface area contributed by atoms with Gasteiger partial charge in [0.15, 0.2) is 0 Å². The van der Waals surface area contributed by atoms with E-state index in [1.54, 1.807) is 11.8 Å². The third kappa shape index (κ3) is 4.52. The minimum Gasteiger partial charge on any atom is -0.363 e. The maximum atomic E-state index is 5.26. The molecule has 0 saturated carbocycles. The van der Waals surface area contributed by atoms with Crippen molar-refractivity contribution in [3.63, 3.8) is 0 Å². The Kier molecular flexibility index (Phi) is 5.72. The lowest BCUT2D eigenvalue weighted by molar-refractivity contribution is 0.648. The van der Waals surface area contributed by atoms with Crippen LogP contribution >= 0.6 is 24.0 Å². The van der Waals surface area contributed by atoms with Gasteiger partial charge in [0.05, 0.1) is 0 Å². The molecule has 1 nitrogen and oxygen atoms in total. The molecule has 0 spiro atoms. The van der Waals surface area contributed by atoms with Gasteiger partial charge in [0.1, 0.15) is 4.32 Å². The summed E-state index contributed by atoms with van der Waals surface area (Å²) in [6.45, 7) is 6.26. The van der Waals surface area contributed by atoms with E-state index in [9.17, 15) is 0 Å². The van der Waals surface area contributed by atoms with Crippen molar-refractivity contribution in [2.45, 2.75) is 24.7 Å². The summed E-state index contributed by atoms with van der Waals surface area (Å²) in [7, 11) is 3.93. The van der Waals surface area contributed by atoms with Gasteiger partial charge in [-0.3, -0.25) is 0 Å². The third-order valence-electron chi connectivity index (χ3n) is 2.38. The van der Waals surface area contributed by atoms with Crippen LogP contribution in [0.2, 0.25) is 0 Å². The fraction of sp³-hybridized carbons (Fsp3) is 0.357. The minimum atomic E-state index is 0.880. The van der Waals surface area contributed by atoms with Crippen molar-refractivity contribution < 1.29 is 0 Å². The Morgan fingerprint density at radius 2 is 1.88 bits per heavy atom. The number of thioether (sulfide) groups is 1. The van der Waals surface area contributed by atoms with Crippen LogP contribution in [0, 0.1) is 0 Å². The SMILES string of the molecule is C=C(CCC)c1ccc(SC(=S)N(C)C)cc1. The molecule has 0 fully saturated rings. The summed E-state index contributed by atoms with van der Waals surface area (Å²) in [5.41, 5.74) is 2.44. The van der Waals surface area contributed by atoms with Gasteiger partial charge in [-0.1, -0.05) is 56.0 Å². The van der Waals surface area contributed by atoms with Gasteiger partial charge >= 0.3 is 0 Å². The maximum absolute atomic E-state index is 5.26. The van der Waals surface area contributed by atoms with Gasteiger partial charge < -0.3 is 4.90 Å². The van der Waals surface area contributed by atoms with Gasteiger partial charge in [0.25, 0.3) is 0 Å². The van der Waals surface area contributed by atoms with Crippen LogP contribution in [0.3, 0.4) is 0 Å². The van der Waals surface area contributed by atoms with Crippen molar-refractivity contribution in [1.29, 1.82) is 0 Å². The molecule has 17 heavy (non-hydrogen) atoms. The van der Waals surface area contributed by atoms with Gasteiger partial charge in [0, 0.05) is 19.0 Å². The molecule has 0 heterocycles. The molecular formula is C14H19NS2. The van der Waals surface area contributed by atoms with Crippen LogP contribution in [0.15, 0.2) is 35.7 Å². The summed E-state index contributed by atoms with van der Waals surface area (Å²) in [6, 6.07) is 8.46. The Bertz CT molecular complexity index is 393. The zero-order valence-electron chi connectivity index (χ0n) is 10.7. The van der Waals surface area contributed by atoms with E-state index in [2.05, 4.69) is 37.8 Å². The summed E-state index contributed by atoms with van der Waals surface area (Å²) in [4.78, 5) is 3.13. The van der Waals surface area contributed by atoms with Gasteiger partial charge in [-0.2, -0.15) is 0 Å². The lowest BCUT2D eigenvalue weighted by atomic mass is 10.0. The molecule has 0 atom stereocenters. The fourth-order valence-electron chi connectivity index (χ4n) is 1.40. The number of hydrogen-bond donors (Lipinski definition) is 0. The quantitative estimate of drug-likeness (QED) is 0.585. The van der Waals surface area contributed by atoms with Crippen molar-refractivity contribution >= 4 is 33.9 Å².